The number of hydrogen-bond donors (Lipinski definition) is 0. The van der Waals surface area contributed by atoms with Crippen molar-refractivity contribution < 1.29 is 0 Å². The molecule has 0 saturated heterocycles. The van der Waals surface area contributed by atoms with Crippen LogP contribution >= 0.6 is 34.0 Å². The molecule has 244 valence electrons. The quantitative estimate of drug-likeness (QED) is 0.171. The standard InChI is InChI=1S/C48H29NS3/c1-4-16-43-37(11-1)40-25-21-31(28-46(40)50-43)30-19-22-33(23-20-30)49(35-24-26-41-38-12-2-5-17-44(38)51-47(41)29-35)34-10-7-9-32(27-34)36-14-8-15-42-39-13-3-6-18-45(39)52-48(36)42/h1-29H. The second-order valence-electron chi connectivity index (χ2n) is 13.3. The van der Waals surface area contributed by atoms with Crippen LogP contribution in [0, 0.1) is 0 Å². The van der Waals surface area contributed by atoms with E-state index in [0.29, 0.717) is 0 Å². The molecule has 0 fully saturated rings. The predicted molar refractivity (Wildman–Crippen MR) is 231 cm³/mol. The summed E-state index contributed by atoms with van der Waals surface area (Å²) in [5.74, 6) is 0. The Morgan fingerprint density at radius 3 is 1.54 bits per heavy atom. The number of benzene rings is 8. The Hall–Kier alpha value is -5.78. The summed E-state index contributed by atoms with van der Waals surface area (Å²) < 4.78 is 7.93. The molecule has 8 aromatic carbocycles. The lowest BCUT2D eigenvalue weighted by Gasteiger charge is -2.26. The van der Waals surface area contributed by atoms with E-state index in [1.54, 1.807) is 0 Å². The lowest BCUT2D eigenvalue weighted by molar-refractivity contribution is 1.29. The van der Waals surface area contributed by atoms with E-state index in [9.17, 15) is 0 Å². The van der Waals surface area contributed by atoms with Crippen molar-refractivity contribution in [3.8, 4) is 22.3 Å². The first-order valence-corrected chi connectivity index (χ1v) is 19.9. The molecule has 52 heavy (non-hydrogen) atoms. The van der Waals surface area contributed by atoms with Crippen LogP contribution in [0.1, 0.15) is 0 Å². The smallest absolute Gasteiger partial charge is 0.0476 e. The van der Waals surface area contributed by atoms with Gasteiger partial charge in [-0.2, -0.15) is 0 Å². The minimum Gasteiger partial charge on any atom is -0.310 e. The number of hydrogen-bond acceptors (Lipinski definition) is 4. The van der Waals surface area contributed by atoms with Gasteiger partial charge < -0.3 is 4.90 Å². The number of nitrogens with zero attached hydrogens (tertiary/aromatic N) is 1. The van der Waals surface area contributed by atoms with Gasteiger partial charge in [-0.05, 0) is 82.9 Å². The maximum absolute atomic E-state index is 2.41. The van der Waals surface area contributed by atoms with Crippen molar-refractivity contribution in [2.45, 2.75) is 0 Å². The SMILES string of the molecule is c1cc(-c2cccc3c2sc2ccccc23)cc(N(c2ccc(-c3ccc4c(c3)sc3ccccc34)cc2)c2ccc3c(c2)sc2ccccc23)c1. The van der Waals surface area contributed by atoms with Gasteiger partial charge in [0.05, 0.1) is 0 Å². The Morgan fingerprint density at radius 1 is 0.288 bits per heavy atom. The Labute approximate surface area is 312 Å². The second kappa shape index (κ2) is 11.9. The molecule has 1 nitrogen and oxygen atoms in total. The van der Waals surface area contributed by atoms with Crippen molar-refractivity contribution in [1.82, 2.24) is 0 Å². The molecule has 11 aromatic rings. The molecule has 0 aliphatic rings. The molecule has 0 amide bonds. The van der Waals surface area contributed by atoms with E-state index in [1.807, 2.05) is 34.0 Å². The Morgan fingerprint density at radius 2 is 0.808 bits per heavy atom. The number of thiophene rings is 3. The topological polar surface area (TPSA) is 3.24 Å². The highest BCUT2D eigenvalue weighted by Gasteiger charge is 2.17. The average Bonchev–Trinajstić information content (AvgIpc) is 3.89. The fourth-order valence-electron chi connectivity index (χ4n) is 7.80. The molecule has 0 saturated carbocycles. The van der Waals surface area contributed by atoms with Crippen LogP contribution in [-0.4, -0.2) is 0 Å². The molecule has 4 heteroatoms. The Kier molecular flexibility index (Phi) is 6.84. The fourth-order valence-corrected chi connectivity index (χ4v) is 11.3. The van der Waals surface area contributed by atoms with Crippen molar-refractivity contribution in [1.29, 1.82) is 0 Å². The molecular formula is C48H29NS3. The van der Waals surface area contributed by atoms with E-state index < -0.39 is 0 Å². The molecule has 0 atom stereocenters. The van der Waals surface area contributed by atoms with Crippen LogP contribution in [0.15, 0.2) is 176 Å². The van der Waals surface area contributed by atoms with Gasteiger partial charge in [-0.1, -0.05) is 115 Å². The zero-order valence-electron chi connectivity index (χ0n) is 27.9. The van der Waals surface area contributed by atoms with E-state index >= 15 is 0 Å². The number of anilines is 3. The monoisotopic (exact) mass is 715 g/mol. The number of fused-ring (bicyclic) bond motifs is 9. The van der Waals surface area contributed by atoms with Gasteiger partial charge in [-0.25, -0.2) is 0 Å². The van der Waals surface area contributed by atoms with Gasteiger partial charge in [0.25, 0.3) is 0 Å². The average molecular weight is 716 g/mol. The second-order valence-corrected chi connectivity index (χ2v) is 16.5. The maximum Gasteiger partial charge on any atom is 0.0476 e. The van der Waals surface area contributed by atoms with Crippen LogP contribution in [0.2, 0.25) is 0 Å². The van der Waals surface area contributed by atoms with Gasteiger partial charge in [0.1, 0.15) is 0 Å². The highest BCUT2D eigenvalue weighted by Crippen LogP contribution is 2.44. The van der Waals surface area contributed by atoms with Crippen LogP contribution < -0.4 is 4.90 Å². The van der Waals surface area contributed by atoms with Gasteiger partial charge in [0, 0.05) is 77.6 Å². The maximum atomic E-state index is 2.41. The molecule has 0 radical (unpaired) electrons. The summed E-state index contributed by atoms with van der Waals surface area (Å²) in [5, 5.41) is 7.93. The van der Waals surface area contributed by atoms with Crippen molar-refractivity contribution in [2.24, 2.45) is 0 Å². The lowest BCUT2D eigenvalue weighted by Crippen LogP contribution is -2.09. The van der Waals surface area contributed by atoms with E-state index in [2.05, 4.69) is 181 Å². The first-order chi connectivity index (χ1) is 25.7. The zero-order valence-corrected chi connectivity index (χ0v) is 30.4. The van der Waals surface area contributed by atoms with Crippen LogP contribution in [-0.2, 0) is 0 Å². The summed E-state index contributed by atoms with van der Waals surface area (Å²) in [5.41, 5.74) is 8.36. The summed E-state index contributed by atoms with van der Waals surface area (Å²) in [4.78, 5) is 2.41. The summed E-state index contributed by atoms with van der Waals surface area (Å²) in [6.45, 7) is 0. The van der Waals surface area contributed by atoms with Gasteiger partial charge in [-0.15, -0.1) is 34.0 Å². The molecule has 0 aliphatic carbocycles. The highest BCUT2D eigenvalue weighted by molar-refractivity contribution is 7.26. The number of rotatable bonds is 5. The van der Waals surface area contributed by atoms with Crippen LogP contribution in [0.4, 0.5) is 17.1 Å². The van der Waals surface area contributed by atoms with E-state index in [0.717, 1.165) is 17.1 Å². The van der Waals surface area contributed by atoms with E-state index in [1.165, 1.54) is 82.8 Å². The molecule has 0 unspecified atom stereocenters. The van der Waals surface area contributed by atoms with E-state index in [4.69, 9.17) is 0 Å². The van der Waals surface area contributed by atoms with Crippen molar-refractivity contribution >= 4 is 112 Å². The van der Waals surface area contributed by atoms with Gasteiger partial charge in [0.2, 0.25) is 0 Å². The summed E-state index contributed by atoms with van der Waals surface area (Å²) in [6.07, 6.45) is 0. The fraction of sp³-hybridized carbons (Fsp3) is 0. The molecule has 3 aromatic heterocycles. The van der Waals surface area contributed by atoms with Crippen LogP contribution in [0.5, 0.6) is 0 Å². The first-order valence-electron chi connectivity index (χ1n) is 17.5. The van der Waals surface area contributed by atoms with Gasteiger partial charge in [-0.3, -0.25) is 0 Å². The molecule has 0 bridgehead atoms. The summed E-state index contributed by atoms with van der Waals surface area (Å²) >= 11 is 5.62. The predicted octanol–water partition coefficient (Wildman–Crippen LogP) is 15.6. The molecule has 0 aliphatic heterocycles. The molecule has 0 N–H and O–H groups in total. The molecule has 3 heterocycles. The van der Waals surface area contributed by atoms with Crippen LogP contribution in [0.25, 0.3) is 82.8 Å². The van der Waals surface area contributed by atoms with Gasteiger partial charge >= 0.3 is 0 Å². The first kappa shape index (κ1) is 29.9. The normalized spacial score (nSPS) is 11.8. The third-order valence-corrected chi connectivity index (χ3v) is 13.8. The Bertz CT molecular complexity index is 3140. The zero-order chi connectivity index (χ0) is 34.2. The van der Waals surface area contributed by atoms with Crippen molar-refractivity contribution in [3.05, 3.63) is 176 Å². The van der Waals surface area contributed by atoms with Crippen molar-refractivity contribution in [3.63, 3.8) is 0 Å². The Balaban J connectivity index is 1.05. The molecular weight excluding hydrogens is 687 g/mol. The van der Waals surface area contributed by atoms with Crippen molar-refractivity contribution in [2.75, 3.05) is 4.90 Å². The molecule has 11 rings (SSSR count). The lowest BCUT2D eigenvalue weighted by atomic mass is 10.0. The third-order valence-electron chi connectivity index (χ3n) is 10.3. The summed E-state index contributed by atoms with van der Waals surface area (Å²) in [7, 11) is 0. The minimum atomic E-state index is 1.13. The minimum absolute atomic E-state index is 1.13. The van der Waals surface area contributed by atoms with E-state index in [-0.39, 0.29) is 0 Å². The summed E-state index contributed by atoms with van der Waals surface area (Å²) in [6, 6.07) is 64.9. The van der Waals surface area contributed by atoms with Crippen LogP contribution in [0.3, 0.4) is 0 Å². The largest absolute Gasteiger partial charge is 0.310 e. The van der Waals surface area contributed by atoms with Gasteiger partial charge in [0.15, 0.2) is 0 Å². The molecule has 0 spiro atoms. The highest BCUT2D eigenvalue weighted by atomic mass is 32.1. The third kappa shape index (κ3) is 4.80.